The van der Waals surface area contributed by atoms with Gasteiger partial charge in [0.1, 0.15) is 11.5 Å². The first-order valence-corrected chi connectivity index (χ1v) is 11.6. The van der Waals surface area contributed by atoms with Crippen molar-refractivity contribution in [2.75, 3.05) is 6.61 Å². The SMILES string of the molecule is CCCCCOc1ccc(OC(=O)C2CCC(C3CCC(C)CC3)CC2)cc1. The average Bonchev–Trinajstić information content (AvgIpc) is 2.73. The molecule has 0 bridgehead atoms. The van der Waals surface area contributed by atoms with E-state index in [1.165, 1.54) is 51.4 Å². The quantitative estimate of drug-likeness (QED) is 0.280. The van der Waals surface area contributed by atoms with Crippen molar-refractivity contribution in [3.63, 3.8) is 0 Å². The molecule has 156 valence electrons. The maximum atomic E-state index is 12.6. The standard InChI is InChI=1S/C25H38O3/c1-3-4-5-18-27-23-14-16-24(17-15-23)28-25(26)22-12-10-21(11-13-22)20-8-6-19(2)7-9-20/h14-17,19-22H,3-13,18H2,1-2H3. The van der Waals surface area contributed by atoms with E-state index in [1.807, 2.05) is 24.3 Å². The summed E-state index contributed by atoms with van der Waals surface area (Å²) in [6, 6.07) is 7.49. The van der Waals surface area contributed by atoms with Gasteiger partial charge in [-0.1, -0.05) is 39.5 Å². The van der Waals surface area contributed by atoms with Gasteiger partial charge in [-0.3, -0.25) is 4.79 Å². The van der Waals surface area contributed by atoms with E-state index in [1.54, 1.807) is 0 Å². The number of benzene rings is 1. The fourth-order valence-corrected chi connectivity index (χ4v) is 4.93. The lowest BCUT2D eigenvalue weighted by molar-refractivity contribution is -0.140. The molecular weight excluding hydrogens is 348 g/mol. The highest BCUT2D eigenvalue weighted by Gasteiger charge is 2.33. The van der Waals surface area contributed by atoms with Gasteiger partial charge in [0, 0.05) is 0 Å². The third-order valence-electron chi connectivity index (χ3n) is 6.89. The lowest BCUT2D eigenvalue weighted by Gasteiger charge is -2.36. The molecule has 0 aliphatic heterocycles. The summed E-state index contributed by atoms with van der Waals surface area (Å²) in [6.07, 6.45) is 13.4. The number of hydrogen-bond acceptors (Lipinski definition) is 3. The zero-order valence-corrected chi connectivity index (χ0v) is 17.8. The number of ether oxygens (including phenoxy) is 2. The van der Waals surface area contributed by atoms with Gasteiger partial charge in [0.05, 0.1) is 12.5 Å². The van der Waals surface area contributed by atoms with E-state index in [2.05, 4.69) is 13.8 Å². The predicted octanol–water partition coefficient (Wildman–Crippen LogP) is 6.79. The molecule has 0 amide bonds. The van der Waals surface area contributed by atoms with E-state index in [9.17, 15) is 4.79 Å². The fraction of sp³-hybridized carbons (Fsp3) is 0.720. The van der Waals surface area contributed by atoms with Crippen molar-refractivity contribution in [3.05, 3.63) is 24.3 Å². The maximum Gasteiger partial charge on any atom is 0.314 e. The van der Waals surface area contributed by atoms with Gasteiger partial charge in [-0.2, -0.15) is 0 Å². The van der Waals surface area contributed by atoms with E-state index in [0.717, 1.165) is 49.4 Å². The summed E-state index contributed by atoms with van der Waals surface area (Å²) in [4.78, 5) is 12.6. The fourth-order valence-electron chi connectivity index (χ4n) is 4.93. The monoisotopic (exact) mass is 386 g/mol. The number of hydrogen-bond donors (Lipinski definition) is 0. The maximum absolute atomic E-state index is 12.6. The molecule has 0 spiro atoms. The van der Waals surface area contributed by atoms with Crippen LogP contribution in [0.3, 0.4) is 0 Å². The first-order valence-electron chi connectivity index (χ1n) is 11.6. The molecule has 0 N–H and O–H groups in total. The molecule has 0 heterocycles. The van der Waals surface area contributed by atoms with Gasteiger partial charge in [0.15, 0.2) is 0 Å². The Morgan fingerprint density at radius 2 is 1.43 bits per heavy atom. The van der Waals surface area contributed by atoms with Crippen LogP contribution >= 0.6 is 0 Å². The van der Waals surface area contributed by atoms with Crippen molar-refractivity contribution in [2.24, 2.45) is 23.7 Å². The molecule has 1 aromatic carbocycles. The molecule has 1 aromatic rings. The van der Waals surface area contributed by atoms with Crippen molar-refractivity contribution >= 4 is 5.97 Å². The Bertz CT molecular complexity index is 578. The van der Waals surface area contributed by atoms with Crippen LogP contribution in [0.4, 0.5) is 0 Å². The molecule has 2 aliphatic rings. The summed E-state index contributed by atoms with van der Waals surface area (Å²) in [6.45, 7) is 5.32. The summed E-state index contributed by atoms with van der Waals surface area (Å²) < 4.78 is 11.4. The van der Waals surface area contributed by atoms with Crippen LogP contribution in [-0.2, 0) is 4.79 Å². The molecule has 3 nitrogen and oxygen atoms in total. The van der Waals surface area contributed by atoms with E-state index in [4.69, 9.17) is 9.47 Å². The second-order valence-electron chi connectivity index (χ2n) is 9.08. The minimum absolute atomic E-state index is 0.0488. The van der Waals surface area contributed by atoms with Crippen molar-refractivity contribution in [3.8, 4) is 11.5 Å². The Balaban J connectivity index is 1.39. The molecule has 2 fully saturated rings. The van der Waals surface area contributed by atoms with Crippen molar-refractivity contribution in [1.82, 2.24) is 0 Å². The van der Waals surface area contributed by atoms with E-state index < -0.39 is 0 Å². The second kappa shape index (κ2) is 10.9. The minimum Gasteiger partial charge on any atom is -0.494 e. The van der Waals surface area contributed by atoms with Gasteiger partial charge in [-0.15, -0.1) is 0 Å². The Morgan fingerprint density at radius 1 is 0.857 bits per heavy atom. The molecule has 0 unspecified atom stereocenters. The van der Waals surface area contributed by atoms with Crippen LogP contribution in [0.1, 0.15) is 84.5 Å². The zero-order valence-electron chi connectivity index (χ0n) is 17.8. The van der Waals surface area contributed by atoms with Crippen molar-refractivity contribution < 1.29 is 14.3 Å². The van der Waals surface area contributed by atoms with Crippen LogP contribution in [0.25, 0.3) is 0 Å². The lowest BCUT2D eigenvalue weighted by atomic mass is 9.69. The molecule has 0 saturated heterocycles. The summed E-state index contributed by atoms with van der Waals surface area (Å²) in [7, 11) is 0. The second-order valence-corrected chi connectivity index (χ2v) is 9.08. The van der Waals surface area contributed by atoms with Crippen LogP contribution in [0.5, 0.6) is 11.5 Å². The van der Waals surface area contributed by atoms with Crippen LogP contribution in [0.15, 0.2) is 24.3 Å². The molecule has 0 atom stereocenters. The first-order chi connectivity index (χ1) is 13.7. The van der Waals surface area contributed by atoms with Gasteiger partial charge < -0.3 is 9.47 Å². The molecule has 0 radical (unpaired) electrons. The minimum atomic E-state index is -0.0488. The first kappa shape index (κ1) is 21.2. The summed E-state index contributed by atoms with van der Waals surface area (Å²) in [5, 5.41) is 0. The Hall–Kier alpha value is -1.51. The van der Waals surface area contributed by atoms with E-state index in [0.29, 0.717) is 5.75 Å². The number of carbonyl (C=O) groups is 1. The number of carbonyl (C=O) groups excluding carboxylic acids is 1. The van der Waals surface area contributed by atoms with Crippen molar-refractivity contribution in [1.29, 1.82) is 0 Å². The molecular formula is C25H38O3. The molecule has 2 saturated carbocycles. The highest BCUT2D eigenvalue weighted by Crippen LogP contribution is 2.41. The Morgan fingerprint density at radius 3 is 2.04 bits per heavy atom. The largest absolute Gasteiger partial charge is 0.494 e. The van der Waals surface area contributed by atoms with Gasteiger partial charge in [0.25, 0.3) is 0 Å². The Kier molecular flexibility index (Phi) is 8.24. The highest BCUT2D eigenvalue weighted by atomic mass is 16.5. The lowest BCUT2D eigenvalue weighted by Crippen LogP contribution is -2.29. The van der Waals surface area contributed by atoms with E-state index >= 15 is 0 Å². The summed E-state index contributed by atoms with van der Waals surface area (Å²) in [5.74, 6) is 4.15. The third kappa shape index (κ3) is 6.25. The van der Waals surface area contributed by atoms with Gasteiger partial charge >= 0.3 is 5.97 Å². The van der Waals surface area contributed by atoms with Gasteiger partial charge in [0.2, 0.25) is 0 Å². The van der Waals surface area contributed by atoms with Gasteiger partial charge in [-0.25, -0.2) is 0 Å². The molecule has 28 heavy (non-hydrogen) atoms. The van der Waals surface area contributed by atoms with Crippen LogP contribution in [0, 0.1) is 23.7 Å². The number of esters is 1. The average molecular weight is 387 g/mol. The molecule has 3 heteroatoms. The number of unbranched alkanes of at least 4 members (excludes halogenated alkanes) is 2. The molecule has 0 aromatic heterocycles. The summed E-state index contributed by atoms with van der Waals surface area (Å²) in [5.41, 5.74) is 0. The molecule has 2 aliphatic carbocycles. The van der Waals surface area contributed by atoms with E-state index in [-0.39, 0.29) is 11.9 Å². The van der Waals surface area contributed by atoms with Crippen LogP contribution in [-0.4, -0.2) is 12.6 Å². The topological polar surface area (TPSA) is 35.5 Å². The predicted molar refractivity (Wildman–Crippen MR) is 114 cm³/mol. The third-order valence-corrected chi connectivity index (χ3v) is 6.89. The van der Waals surface area contributed by atoms with Crippen molar-refractivity contribution in [2.45, 2.75) is 84.5 Å². The zero-order chi connectivity index (χ0) is 19.8. The highest BCUT2D eigenvalue weighted by molar-refractivity contribution is 5.75. The molecule has 3 rings (SSSR count). The smallest absolute Gasteiger partial charge is 0.314 e. The number of rotatable bonds is 8. The van der Waals surface area contributed by atoms with Crippen LogP contribution < -0.4 is 9.47 Å². The normalized spacial score (nSPS) is 27.9. The van der Waals surface area contributed by atoms with Gasteiger partial charge in [-0.05, 0) is 87.0 Å². The summed E-state index contributed by atoms with van der Waals surface area (Å²) >= 11 is 0. The van der Waals surface area contributed by atoms with Crippen LogP contribution in [0.2, 0.25) is 0 Å². The Labute approximate surface area is 171 Å².